The molecule has 20 heavy (non-hydrogen) atoms. The lowest BCUT2D eigenvalue weighted by Crippen LogP contribution is -2.80. The molecule has 0 spiro atoms. The summed E-state index contributed by atoms with van der Waals surface area (Å²) in [5.74, 6) is 1.55. The highest BCUT2D eigenvalue weighted by Gasteiger charge is 2.11. The number of rotatable bonds is 7. The smallest absolute Gasteiger partial charge is 0.174 e. The highest BCUT2D eigenvalue weighted by molar-refractivity contribution is 9.10. The molecular formula is C15H19BrNO2S+. The Kier molecular flexibility index (Phi) is 5.88. The van der Waals surface area contributed by atoms with E-state index in [9.17, 15) is 0 Å². The van der Waals surface area contributed by atoms with Gasteiger partial charge in [-0.05, 0) is 46.4 Å². The van der Waals surface area contributed by atoms with E-state index in [0.29, 0.717) is 6.61 Å². The Hall–Kier alpha value is -1.04. The Bertz CT molecular complexity index is 543. The second-order valence-electron chi connectivity index (χ2n) is 4.32. The summed E-state index contributed by atoms with van der Waals surface area (Å²) in [5, 5.41) is 4.40. The molecule has 5 heteroatoms. The molecule has 108 valence electrons. The molecule has 1 heterocycles. The van der Waals surface area contributed by atoms with Crippen LogP contribution in [0.3, 0.4) is 0 Å². The standard InChI is InChI=1S/C15H18BrNO2S/c1-3-19-14-8-11(7-13(16)15(14)18-2)9-17-10-12-5-4-6-20-12/h4-8,17H,3,9-10H2,1-2H3/p+1. The van der Waals surface area contributed by atoms with Crippen LogP contribution in [0.15, 0.2) is 34.1 Å². The molecule has 0 aliphatic carbocycles. The van der Waals surface area contributed by atoms with Crippen LogP contribution in [0.4, 0.5) is 0 Å². The summed E-state index contributed by atoms with van der Waals surface area (Å²) in [7, 11) is 1.66. The van der Waals surface area contributed by atoms with E-state index in [2.05, 4.69) is 50.9 Å². The van der Waals surface area contributed by atoms with Crippen molar-refractivity contribution in [3.05, 3.63) is 44.6 Å². The summed E-state index contributed by atoms with van der Waals surface area (Å²) in [4.78, 5) is 1.39. The zero-order valence-electron chi connectivity index (χ0n) is 11.7. The van der Waals surface area contributed by atoms with Gasteiger partial charge in [0.2, 0.25) is 0 Å². The fourth-order valence-corrected chi connectivity index (χ4v) is 3.36. The predicted molar refractivity (Wildman–Crippen MR) is 85.5 cm³/mol. The number of benzene rings is 1. The van der Waals surface area contributed by atoms with Crippen LogP contribution < -0.4 is 14.8 Å². The molecule has 0 radical (unpaired) electrons. The fourth-order valence-electron chi connectivity index (χ4n) is 2.01. The van der Waals surface area contributed by atoms with Gasteiger partial charge in [0.1, 0.15) is 13.1 Å². The van der Waals surface area contributed by atoms with E-state index >= 15 is 0 Å². The molecule has 0 bridgehead atoms. The topological polar surface area (TPSA) is 35.1 Å². The van der Waals surface area contributed by atoms with Crippen molar-refractivity contribution < 1.29 is 14.8 Å². The van der Waals surface area contributed by atoms with Gasteiger partial charge in [-0.2, -0.15) is 0 Å². The van der Waals surface area contributed by atoms with Crippen molar-refractivity contribution in [1.29, 1.82) is 0 Å². The molecule has 0 atom stereocenters. The van der Waals surface area contributed by atoms with Gasteiger partial charge in [0.05, 0.1) is 23.1 Å². The SMILES string of the molecule is CCOc1cc(C[NH2+]Cc2cccs2)cc(Br)c1OC. The Labute approximate surface area is 132 Å². The molecule has 2 rings (SSSR count). The van der Waals surface area contributed by atoms with Gasteiger partial charge < -0.3 is 14.8 Å². The predicted octanol–water partition coefficient (Wildman–Crippen LogP) is 3.18. The maximum Gasteiger partial charge on any atom is 0.174 e. The zero-order chi connectivity index (χ0) is 14.4. The monoisotopic (exact) mass is 356 g/mol. The molecule has 0 fully saturated rings. The summed E-state index contributed by atoms with van der Waals surface area (Å²) in [5.41, 5.74) is 1.22. The molecule has 0 amide bonds. The number of methoxy groups -OCH3 is 1. The summed E-state index contributed by atoms with van der Waals surface area (Å²) in [6, 6.07) is 8.39. The molecular weight excluding hydrogens is 338 g/mol. The zero-order valence-corrected chi connectivity index (χ0v) is 14.1. The van der Waals surface area contributed by atoms with Gasteiger partial charge in [-0.25, -0.2) is 0 Å². The molecule has 0 unspecified atom stereocenters. The number of hydrogen-bond acceptors (Lipinski definition) is 3. The first-order valence-electron chi connectivity index (χ1n) is 6.57. The van der Waals surface area contributed by atoms with Crippen molar-refractivity contribution in [3.63, 3.8) is 0 Å². The highest BCUT2D eigenvalue weighted by atomic mass is 79.9. The third-order valence-corrected chi connectivity index (χ3v) is 4.37. The van der Waals surface area contributed by atoms with Gasteiger partial charge in [0.25, 0.3) is 0 Å². The quantitative estimate of drug-likeness (QED) is 0.826. The largest absolute Gasteiger partial charge is 0.492 e. The van der Waals surface area contributed by atoms with Crippen molar-refractivity contribution in [2.45, 2.75) is 20.0 Å². The van der Waals surface area contributed by atoms with Gasteiger partial charge in [-0.3, -0.25) is 0 Å². The minimum Gasteiger partial charge on any atom is -0.492 e. The van der Waals surface area contributed by atoms with Crippen LogP contribution in [0.25, 0.3) is 0 Å². The van der Waals surface area contributed by atoms with Crippen LogP contribution in [0.1, 0.15) is 17.4 Å². The van der Waals surface area contributed by atoms with Gasteiger partial charge >= 0.3 is 0 Å². The van der Waals surface area contributed by atoms with E-state index in [-0.39, 0.29) is 0 Å². The van der Waals surface area contributed by atoms with E-state index in [0.717, 1.165) is 29.1 Å². The first kappa shape index (κ1) is 15.4. The first-order chi connectivity index (χ1) is 9.74. The van der Waals surface area contributed by atoms with Crippen LogP contribution in [0, 0.1) is 0 Å². The maximum absolute atomic E-state index is 5.63. The lowest BCUT2D eigenvalue weighted by atomic mass is 10.2. The van der Waals surface area contributed by atoms with E-state index < -0.39 is 0 Å². The lowest BCUT2D eigenvalue weighted by molar-refractivity contribution is -0.685. The number of nitrogens with two attached hydrogens (primary N) is 1. The Balaban J connectivity index is 2.03. The van der Waals surface area contributed by atoms with Crippen LogP contribution in [0.2, 0.25) is 0 Å². The minimum absolute atomic E-state index is 0.630. The molecule has 0 saturated heterocycles. The van der Waals surface area contributed by atoms with Gasteiger partial charge in [0.15, 0.2) is 11.5 Å². The molecule has 2 N–H and O–H groups in total. The van der Waals surface area contributed by atoms with Gasteiger partial charge in [0, 0.05) is 5.56 Å². The normalized spacial score (nSPS) is 10.6. The number of ether oxygens (including phenoxy) is 2. The Morgan fingerprint density at radius 3 is 2.80 bits per heavy atom. The molecule has 2 aromatic rings. The summed E-state index contributed by atoms with van der Waals surface area (Å²) in [6.45, 7) is 4.53. The van der Waals surface area contributed by atoms with Gasteiger partial charge in [-0.1, -0.05) is 6.07 Å². The number of hydrogen-bond donors (Lipinski definition) is 1. The third kappa shape index (κ3) is 3.98. The van der Waals surface area contributed by atoms with E-state index in [1.807, 2.05) is 6.92 Å². The molecule has 0 saturated carbocycles. The van der Waals surface area contributed by atoms with Crippen molar-refractivity contribution >= 4 is 27.3 Å². The third-order valence-electron chi connectivity index (χ3n) is 2.88. The average molecular weight is 357 g/mol. The number of quaternary nitrogens is 1. The van der Waals surface area contributed by atoms with Crippen LogP contribution >= 0.6 is 27.3 Å². The minimum atomic E-state index is 0.630. The number of thiophene rings is 1. The lowest BCUT2D eigenvalue weighted by Gasteiger charge is -2.12. The van der Waals surface area contributed by atoms with E-state index in [1.54, 1.807) is 18.4 Å². The van der Waals surface area contributed by atoms with E-state index in [4.69, 9.17) is 9.47 Å². The van der Waals surface area contributed by atoms with Crippen LogP contribution in [0.5, 0.6) is 11.5 Å². The number of halogens is 1. The van der Waals surface area contributed by atoms with Crippen LogP contribution in [-0.4, -0.2) is 13.7 Å². The van der Waals surface area contributed by atoms with Crippen molar-refractivity contribution in [3.8, 4) is 11.5 Å². The van der Waals surface area contributed by atoms with Gasteiger partial charge in [-0.15, -0.1) is 11.3 Å². The second-order valence-corrected chi connectivity index (χ2v) is 6.20. The summed E-state index contributed by atoms with van der Waals surface area (Å²) < 4.78 is 11.9. The highest BCUT2D eigenvalue weighted by Crippen LogP contribution is 2.36. The molecule has 0 aliphatic heterocycles. The van der Waals surface area contributed by atoms with Crippen molar-refractivity contribution in [1.82, 2.24) is 0 Å². The van der Waals surface area contributed by atoms with Crippen LogP contribution in [-0.2, 0) is 13.1 Å². The molecule has 1 aromatic heterocycles. The second kappa shape index (κ2) is 7.67. The van der Waals surface area contributed by atoms with E-state index in [1.165, 1.54) is 10.4 Å². The average Bonchev–Trinajstić information content (AvgIpc) is 2.92. The molecule has 3 nitrogen and oxygen atoms in total. The molecule has 0 aliphatic rings. The fraction of sp³-hybridized carbons (Fsp3) is 0.333. The Morgan fingerprint density at radius 2 is 2.15 bits per heavy atom. The summed E-state index contributed by atoms with van der Waals surface area (Å²) in [6.07, 6.45) is 0. The molecule has 1 aromatic carbocycles. The van der Waals surface area contributed by atoms with Crippen molar-refractivity contribution in [2.24, 2.45) is 0 Å². The first-order valence-corrected chi connectivity index (χ1v) is 8.25. The summed E-state index contributed by atoms with van der Waals surface area (Å²) >= 11 is 5.34. The van der Waals surface area contributed by atoms with Crippen molar-refractivity contribution in [2.75, 3.05) is 13.7 Å². The maximum atomic E-state index is 5.63. The Morgan fingerprint density at radius 1 is 1.30 bits per heavy atom.